The van der Waals surface area contributed by atoms with Gasteiger partial charge >= 0.3 is 0 Å². The summed E-state index contributed by atoms with van der Waals surface area (Å²) in [5.41, 5.74) is 5.82. The van der Waals surface area contributed by atoms with Crippen LogP contribution in [0.25, 0.3) is 0 Å². The zero-order valence-electron chi connectivity index (χ0n) is 21.8. The summed E-state index contributed by atoms with van der Waals surface area (Å²) in [6.07, 6.45) is 5.16. The molecule has 0 unspecified atom stereocenters. The third kappa shape index (κ3) is 5.57. The van der Waals surface area contributed by atoms with Crippen molar-refractivity contribution in [3.05, 3.63) is 76.5 Å². The number of ether oxygens (including phenoxy) is 1. The van der Waals surface area contributed by atoms with Crippen molar-refractivity contribution in [3.63, 3.8) is 0 Å². The lowest BCUT2D eigenvalue weighted by molar-refractivity contribution is -0.0140. The number of allylic oxidation sites excluding steroid dienone is 1. The largest absolute Gasteiger partial charge is 0.372 e. The number of halogens is 1. The molecule has 2 aromatic carbocycles. The molecule has 0 aliphatic carbocycles. The molecule has 0 bridgehead atoms. The molecule has 2 fully saturated rings. The standard InChI is InChI=1S/C30H39ClN4O/c1-23(2)34-14-16-35(17-15-34)27-9-7-25(8-10-27)5-6-26-19-30(36-20-26,21-33-13-12-32-22-33)28-11-4-24(3)18-29(28)31/h4,7-11,18,22,26H,1,5-6,12-17,19-21H2,2-3H3/t26-,30-/m1/s1. The summed E-state index contributed by atoms with van der Waals surface area (Å²) in [5.74, 6) is 0.511. The average Bonchev–Trinajstić information content (AvgIpc) is 3.54. The minimum atomic E-state index is -0.373. The van der Waals surface area contributed by atoms with Gasteiger partial charge in [0, 0.05) is 54.7 Å². The maximum Gasteiger partial charge on any atom is 0.112 e. The summed E-state index contributed by atoms with van der Waals surface area (Å²) in [7, 11) is 0. The van der Waals surface area contributed by atoms with Crippen molar-refractivity contribution in [1.29, 1.82) is 0 Å². The van der Waals surface area contributed by atoms with E-state index in [0.29, 0.717) is 5.92 Å². The summed E-state index contributed by atoms with van der Waals surface area (Å²) >= 11 is 6.76. The minimum absolute atomic E-state index is 0.373. The number of anilines is 1. The lowest BCUT2D eigenvalue weighted by Crippen LogP contribution is -2.45. The van der Waals surface area contributed by atoms with Gasteiger partial charge in [-0.1, -0.05) is 42.4 Å². The number of piperazine rings is 1. The summed E-state index contributed by atoms with van der Waals surface area (Å²) < 4.78 is 6.63. The fourth-order valence-corrected chi connectivity index (χ4v) is 6.28. The van der Waals surface area contributed by atoms with Crippen LogP contribution in [0, 0.1) is 12.8 Å². The fourth-order valence-electron chi connectivity index (χ4n) is 5.88. The van der Waals surface area contributed by atoms with Crippen LogP contribution in [-0.2, 0) is 16.8 Å². The molecule has 0 N–H and O–H groups in total. The van der Waals surface area contributed by atoms with Gasteiger partial charge in [0.1, 0.15) is 5.60 Å². The van der Waals surface area contributed by atoms with E-state index in [9.17, 15) is 0 Å². The van der Waals surface area contributed by atoms with E-state index in [1.54, 1.807) is 0 Å². The van der Waals surface area contributed by atoms with Crippen molar-refractivity contribution in [2.24, 2.45) is 10.9 Å². The summed E-state index contributed by atoms with van der Waals surface area (Å²) in [5, 5.41) is 0.812. The van der Waals surface area contributed by atoms with Crippen molar-refractivity contribution in [3.8, 4) is 0 Å². The molecule has 2 aromatic rings. The molecule has 5 rings (SSSR count). The Morgan fingerprint density at radius 1 is 1.11 bits per heavy atom. The first kappa shape index (κ1) is 25.2. The van der Waals surface area contributed by atoms with Gasteiger partial charge in [0.25, 0.3) is 0 Å². The van der Waals surface area contributed by atoms with Gasteiger partial charge in [-0.3, -0.25) is 4.99 Å². The van der Waals surface area contributed by atoms with Crippen LogP contribution in [0.5, 0.6) is 0 Å². The van der Waals surface area contributed by atoms with Crippen LogP contribution in [0.15, 0.2) is 59.7 Å². The Balaban J connectivity index is 1.20. The second-order valence-corrected chi connectivity index (χ2v) is 11.2. The van der Waals surface area contributed by atoms with Gasteiger partial charge in [-0.2, -0.15) is 0 Å². The van der Waals surface area contributed by atoms with Gasteiger partial charge in [0.15, 0.2) is 0 Å². The third-order valence-corrected chi connectivity index (χ3v) is 8.32. The molecule has 3 aliphatic rings. The van der Waals surface area contributed by atoms with Crippen LogP contribution in [-0.4, -0.2) is 68.6 Å². The van der Waals surface area contributed by atoms with Crippen LogP contribution in [0.3, 0.4) is 0 Å². The molecule has 0 saturated carbocycles. The Morgan fingerprint density at radius 3 is 2.56 bits per heavy atom. The van der Waals surface area contributed by atoms with Crippen LogP contribution >= 0.6 is 11.6 Å². The number of rotatable bonds is 8. The Bertz CT molecular complexity index is 1090. The molecule has 5 nitrogen and oxygen atoms in total. The zero-order valence-corrected chi connectivity index (χ0v) is 22.5. The highest BCUT2D eigenvalue weighted by Gasteiger charge is 2.44. The number of aryl methyl sites for hydroxylation is 2. The molecule has 0 radical (unpaired) electrons. The maximum atomic E-state index is 6.76. The van der Waals surface area contributed by atoms with Crippen LogP contribution in [0.4, 0.5) is 5.69 Å². The van der Waals surface area contributed by atoms with E-state index in [1.807, 2.05) is 6.34 Å². The third-order valence-electron chi connectivity index (χ3n) is 8.01. The molecule has 2 atom stereocenters. The van der Waals surface area contributed by atoms with Crippen LogP contribution in [0.2, 0.25) is 5.02 Å². The lowest BCUT2D eigenvalue weighted by Gasteiger charge is -2.37. The SMILES string of the molecule is C=C(C)N1CCN(c2ccc(CC[C@H]3CO[C@](CN4C=NCC4)(c4ccc(C)cc4Cl)C3)cc2)CC1. The fraction of sp³-hybridized carbons (Fsp3) is 0.500. The van der Waals surface area contributed by atoms with Gasteiger partial charge < -0.3 is 19.4 Å². The molecule has 36 heavy (non-hydrogen) atoms. The highest BCUT2D eigenvalue weighted by Crippen LogP contribution is 2.44. The topological polar surface area (TPSA) is 31.3 Å². The number of hydrogen-bond donors (Lipinski definition) is 0. The predicted molar refractivity (Wildman–Crippen MR) is 150 cm³/mol. The predicted octanol–water partition coefficient (Wildman–Crippen LogP) is 5.51. The Kier molecular flexibility index (Phi) is 7.59. The van der Waals surface area contributed by atoms with E-state index in [1.165, 1.54) is 22.5 Å². The van der Waals surface area contributed by atoms with Gasteiger partial charge in [-0.15, -0.1) is 0 Å². The van der Waals surface area contributed by atoms with Crippen LogP contribution < -0.4 is 4.90 Å². The molecule has 192 valence electrons. The van der Waals surface area contributed by atoms with Crippen molar-refractivity contribution in [2.75, 3.05) is 57.3 Å². The second kappa shape index (κ2) is 10.9. The van der Waals surface area contributed by atoms with Gasteiger partial charge in [0.05, 0.1) is 26.0 Å². The van der Waals surface area contributed by atoms with Crippen molar-refractivity contribution in [1.82, 2.24) is 9.80 Å². The number of aliphatic imine (C=N–C) groups is 1. The molecule has 0 spiro atoms. The summed E-state index contributed by atoms with van der Waals surface area (Å²) in [4.78, 5) is 11.6. The Morgan fingerprint density at radius 2 is 1.89 bits per heavy atom. The van der Waals surface area contributed by atoms with E-state index in [4.69, 9.17) is 16.3 Å². The van der Waals surface area contributed by atoms with Gasteiger partial charge in [-0.05, 0) is 68.4 Å². The van der Waals surface area contributed by atoms with E-state index in [-0.39, 0.29) is 5.60 Å². The Hall–Kier alpha value is -2.50. The van der Waals surface area contributed by atoms with Crippen molar-refractivity contribution >= 4 is 23.6 Å². The molecular weight excluding hydrogens is 468 g/mol. The van der Waals surface area contributed by atoms with E-state index in [0.717, 1.165) is 82.3 Å². The van der Waals surface area contributed by atoms with Gasteiger partial charge in [0.2, 0.25) is 0 Å². The number of benzene rings is 2. The highest BCUT2D eigenvalue weighted by molar-refractivity contribution is 6.31. The van der Waals surface area contributed by atoms with Crippen molar-refractivity contribution in [2.45, 2.75) is 38.7 Å². The maximum absolute atomic E-state index is 6.76. The van der Waals surface area contributed by atoms with E-state index >= 15 is 0 Å². The monoisotopic (exact) mass is 506 g/mol. The second-order valence-electron chi connectivity index (χ2n) is 10.8. The molecule has 2 saturated heterocycles. The van der Waals surface area contributed by atoms with Crippen molar-refractivity contribution < 1.29 is 4.74 Å². The molecular formula is C30H39ClN4O. The number of hydrogen-bond acceptors (Lipinski definition) is 5. The first-order chi connectivity index (χ1) is 17.4. The molecule has 0 aromatic heterocycles. The zero-order chi connectivity index (χ0) is 25.1. The van der Waals surface area contributed by atoms with Gasteiger partial charge in [-0.25, -0.2) is 0 Å². The van der Waals surface area contributed by atoms with Crippen LogP contribution in [0.1, 0.15) is 36.5 Å². The smallest absolute Gasteiger partial charge is 0.112 e. The summed E-state index contributed by atoms with van der Waals surface area (Å²) in [6, 6.07) is 15.6. The first-order valence-corrected chi connectivity index (χ1v) is 13.7. The minimum Gasteiger partial charge on any atom is -0.372 e. The molecule has 0 amide bonds. The molecule has 3 aliphatic heterocycles. The Labute approximate surface area is 221 Å². The normalized spacial score (nSPS) is 24.1. The lowest BCUT2D eigenvalue weighted by atomic mass is 9.84. The quantitative estimate of drug-likeness (QED) is 0.472. The molecule has 3 heterocycles. The highest BCUT2D eigenvalue weighted by atomic mass is 35.5. The molecule has 6 heteroatoms. The van der Waals surface area contributed by atoms with E-state index in [2.05, 4.69) is 82.6 Å². The average molecular weight is 507 g/mol. The summed E-state index contributed by atoms with van der Waals surface area (Å²) in [6.45, 7) is 15.9. The first-order valence-electron chi connectivity index (χ1n) is 13.3. The van der Waals surface area contributed by atoms with E-state index < -0.39 is 0 Å². The number of nitrogens with zero attached hydrogens (tertiary/aromatic N) is 4.